The zero-order valence-corrected chi connectivity index (χ0v) is 9.16. The van der Waals surface area contributed by atoms with Gasteiger partial charge in [-0.3, -0.25) is 0 Å². The maximum atomic E-state index is 9.02. The van der Waals surface area contributed by atoms with Crippen LogP contribution in [0, 0.1) is 11.3 Å². The molecule has 0 aliphatic carbocycles. The Bertz CT molecular complexity index is 371. The minimum absolute atomic E-state index is 0.376. The zero-order valence-electron chi connectivity index (χ0n) is 8.40. The lowest BCUT2D eigenvalue weighted by molar-refractivity contribution is 0.155. The zero-order chi connectivity index (χ0) is 11.3. The lowest BCUT2D eigenvalue weighted by atomic mass is 10.2. The third-order valence-electron chi connectivity index (χ3n) is 1.87. The molecule has 0 fully saturated rings. The molecule has 1 N–H and O–H groups in total. The molecule has 0 bridgehead atoms. The van der Waals surface area contributed by atoms with Gasteiger partial charge in [-0.25, -0.2) is 0 Å². The van der Waals surface area contributed by atoms with E-state index in [4.69, 9.17) is 26.7 Å². The van der Waals surface area contributed by atoms with Crippen molar-refractivity contribution in [2.75, 3.05) is 6.61 Å². The van der Waals surface area contributed by atoms with Gasteiger partial charge < -0.3 is 9.84 Å². The summed E-state index contributed by atoms with van der Waals surface area (Å²) in [6.07, 6.45) is 0.191. The van der Waals surface area contributed by atoms with Crippen LogP contribution in [0.2, 0.25) is 5.02 Å². The molecule has 0 saturated carbocycles. The second-order valence-corrected chi connectivity index (χ2v) is 3.65. The topological polar surface area (TPSA) is 53.2 Å². The average molecular weight is 226 g/mol. The molecular formula is C11H12ClNO2. The first-order valence-corrected chi connectivity index (χ1v) is 5.02. The molecule has 1 unspecified atom stereocenters. The maximum Gasteiger partial charge on any atom is 0.120 e. The second-order valence-electron chi connectivity index (χ2n) is 3.24. The molecule has 1 rings (SSSR count). The number of nitriles is 1. The monoisotopic (exact) mass is 225 g/mol. The Labute approximate surface area is 93.9 Å². The minimum Gasteiger partial charge on any atom is -0.493 e. The van der Waals surface area contributed by atoms with Crippen molar-refractivity contribution in [1.29, 1.82) is 5.26 Å². The first-order chi connectivity index (χ1) is 7.13. The van der Waals surface area contributed by atoms with Crippen molar-refractivity contribution in [1.82, 2.24) is 0 Å². The smallest absolute Gasteiger partial charge is 0.120 e. The summed E-state index contributed by atoms with van der Waals surface area (Å²) < 4.78 is 5.34. The van der Waals surface area contributed by atoms with Gasteiger partial charge in [-0.15, -0.1) is 0 Å². The highest BCUT2D eigenvalue weighted by atomic mass is 35.5. The van der Waals surface area contributed by atoms with Gasteiger partial charge in [0, 0.05) is 12.5 Å². The molecule has 0 radical (unpaired) electrons. The Hall–Kier alpha value is -1.24. The normalized spacial score (nSPS) is 11.9. The van der Waals surface area contributed by atoms with E-state index in [0.29, 0.717) is 29.4 Å². The molecule has 1 aromatic carbocycles. The van der Waals surface area contributed by atoms with E-state index in [2.05, 4.69) is 0 Å². The molecule has 1 atom stereocenters. The van der Waals surface area contributed by atoms with Crippen LogP contribution in [0.1, 0.15) is 18.9 Å². The SMILES string of the molecule is CC(O)CCOc1ccc(C#N)c(Cl)c1. The van der Waals surface area contributed by atoms with E-state index in [1.165, 1.54) is 0 Å². The standard InChI is InChI=1S/C11H12ClNO2/c1-8(14)4-5-15-10-3-2-9(7-13)11(12)6-10/h2-3,6,8,14H,4-5H2,1H3. The summed E-state index contributed by atoms with van der Waals surface area (Å²) in [4.78, 5) is 0. The molecule has 1 aromatic rings. The number of rotatable bonds is 4. The van der Waals surface area contributed by atoms with E-state index in [9.17, 15) is 0 Å². The highest BCUT2D eigenvalue weighted by Crippen LogP contribution is 2.21. The molecule has 0 amide bonds. The number of hydrogen-bond acceptors (Lipinski definition) is 3. The summed E-state index contributed by atoms with van der Waals surface area (Å²) in [5.41, 5.74) is 0.430. The highest BCUT2D eigenvalue weighted by molar-refractivity contribution is 6.31. The summed E-state index contributed by atoms with van der Waals surface area (Å²) in [6, 6.07) is 6.87. The van der Waals surface area contributed by atoms with Gasteiger partial charge in [0.1, 0.15) is 11.8 Å². The van der Waals surface area contributed by atoms with Crippen molar-refractivity contribution in [2.24, 2.45) is 0 Å². The second kappa shape index (κ2) is 5.59. The van der Waals surface area contributed by atoms with Gasteiger partial charge in [-0.1, -0.05) is 11.6 Å². The van der Waals surface area contributed by atoms with E-state index in [-0.39, 0.29) is 6.10 Å². The summed E-state index contributed by atoms with van der Waals surface area (Å²) in [5, 5.41) is 18.0. The van der Waals surface area contributed by atoms with Crippen molar-refractivity contribution in [3.63, 3.8) is 0 Å². The van der Waals surface area contributed by atoms with Crippen LogP contribution in [0.3, 0.4) is 0 Å². The summed E-state index contributed by atoms with van der Waals surface area (Å²) in [5.74, 6) is 0.611. The van der Waals surface area contributed by atoms with Crippen LogP contribution in [0.15, 0.2) is 18.2 Å². The van der Waals surface area contributed by atoms with Gasteiger partial charge in [0.25, 0.3) is 0 Å². The van der Waals surface area contributed by atoms with Gasteiger partial charge in [-0.05, 0) is 19.1 Å². The van der Waals surface area contributed by atoms with Crippen molar-refractivity contribution in [2.45, 2.75) is 19.4 Å². The summed E-state index contributed by atoms with van der Waals surface area (Å²) in [6.45, 7) is 2.13. The number of benzene rings is 1. The molecule has 0 saturated heterocycles. The Morgan fingerprint density at radius 1 is 1.60 bits per heavy atom. The molecule has 0 aliphatic heterocycles. The largest absolute Gasteiger partial charge is 0.493 e. The predicted octanol–water partition coefficient (Wildman–Crippen LogP) is 2.36. The Morgan fingerprint density at radius 3 is 2.87 bits per heavy atom. The fourth-order valence-electron chi connectivity index (χ4n) is 1.02. The lowest BCUT2D eigenvalue weighted by Crippen LogP contribution is -2.07. The van der Waals surface area contributed by atoms with Gasteiger partial charge in [-0.2, -0.15) is 5.26 Å². The fourth-order valence-corrected chi connectivity index (χ4v) is 1.24. The van der Waals surface area contributed by atoms with Gasteiger partial charge in [0.15, 0.2) is 0 Å². The van der Waals surface area contributed by atoms with E-state index >= 15 is 0 Å². The molecule has 3 nitrogen and oxygen atoms in total. The first kappa shape index (κ1) is 11.8. The van der Waals surface area contributed by atoms with E-state index in [0.717, 1.165) is 0 Å². The number of aliphatic hydroxyl groups is 1. The lowest BCUT2D eigenvalue weighted by Gasteiger charge is -2.08. The maximum absolute atomic E-state index is 9.02. The number of halogens is 1. The van der Waals surface area contributed by atoms with E-state index < -0.39 is 0 Å². The number of ether oxygens (including phenoxy) is 1. The van der Waals surface area contributed by atoms with Gasteiger partial charge in [0.2, 0.25) is 0 Å². The molecule has 0 spiro atoms. The Morgan fingerprint density at radius 2 is 2.33 bits per heavy atom. The van der Waals surface area contributed by atoms with E-state index in [1.54, 1.807) is 25.1 Å². The van der Waals surface area contributed by atoms with Gasteiger partial charge in [0.05, 0.1) is 23.3 Å². The van der Waals surface area contributed by atoms with Gasteiger partial charge >= 0.3 is 0 Å². The number of aliphatic hydroxyl groups excluding tert-OH is 1. The number of hydrogen-bond donors (Lipinski definition) is 1. The minimum atomic E-state index is -0.376. The average Bonchev–Trinajstić information content (AvgIpc) is 2.17. The molecule has 0 heterocycles. The third kappa shape index (κ3) is 3.78. The van der Waals surface area contributed by atoms with Crippen LogP contribution in [0.4, 0.5) is 0 Å². The third-order valence-corrected chi connectivity index (χ3v) is 2.18. The highest BCUT2D eigenvalue weighted by Gasteiger charge is 2.02. The van der Waals surface area contributed by atoms with Crippen molar-refractivity contribution in [3.8, 4) is 11.8 Å². The fraction of sp³-hybridized carbons (Fsp3) is 0.364. The molecule has 0 aromatic heterocycles. The van der Waals surface area contributed by atoms with Crippen molar-refractivity contribution >= 4 is 11.6 Å². The van der Waals surface area contributed by atoms with Crippen LogP contribution in [0.5, 0.6) is 5.75 Å². The van der Waals surface area contributed by atoms with E-state index in [1.807, 2.05) is 6.07 Å². The van der Waals surface area contributed by atoms with Crippen LogP contribution in [-0.4, -0.2) is 17.8 Å². The Kier molecular flexibility index (Phi) is 4.41. The molecule has 15 heavy (non-hydrogen) atoms. The quantitative estimate of drug-likeness (QED) is 0.856. The molecule has 0 aliphatic rings. The summed E-state index contributed by atoms with van der Waals surface area (Å²) >= 11 is 5.82. The molecular weight excluding hydrogens is 214 g/mol. The summed E-state index contributed by atoms with van der Waals surface area (Å²) in [7, 11) is 0. The van der Waals surface area contributed by atoms with Crippen LogP contribution >= 0.6 is 11.6 Å². The van der Waals surface area contributed by atoms with Crippen LogP contribution < -0.4 is 4.74 Å². The number of nitrogens with zero attached hydrogens (tertiary/aromatic N) is 1. The van der Waals surface area contributed by atoms with Crippen LogP contribution in [-0.2, 0) is 0 Å². The van der Waals surface area contributed by atoms with Crippen molar-refractivity contribution in [3.05, 3.63) is 28.8 Å². The molecule has 80 valence electrons. The van der Waals surface area contributed by atoms with Crippen molar-refractivity contribution < 1.29 is 9.84 Å². The predicted molar refractivity (Wildman–Crippen MR) is 58.0 cm³/mol. The first-order valence-electron chi connectivity index (χ1n) is 4.64. The van der Waals surface area contributed by atoms with Crippen LogP contribution in [0.25, 0.3) is 0 Å². The Balaban J connectivity index is 2.57. The molecule has 4 heteroatoms.